The number of hydrogen-bond donors (Lipinski definition) is 1. The molecule has 164 valence electrons. The molecule has 4 aromatic rings. The van der Waals surface area contributed by atoms with E-state index in [0.29, 0.717) is 16.4 Å². The first-order valence-electron chi connectivity index (χ1n) is 10.3. The van der Waals surface area contributed by atoms with Crippen LogP contribution in [0.25, 0.3) is 22.2 Å². The minimum atomic E-state index is -2.81. The van der Waals surface area contributed by atoms with Gasteiger partial charge in [0, 0.05) is 58.2 Å². The fourth-order valence-corrected chi connectivity index (χ4v) is 5.27. The standard InChI is InChI=1S/C24H22F2N4OS/c1-32(31,29-23-8-4-5-12-27-23)18-9-10-22(30-13-11-24(25,26)16-30)19(15-18)21-14-17-6-2-3-7-20(17)28-21/h2-10,12,14-15,28H,11,13,16H2,1H3. The summed E-state index contributed by atoms with van der Waals surface area (Å²) in [5.41, 5.74) is 3.14. The minimum Gasteiger partial charge on any atom is -0.365 e. The second kappa shape index (κ2) is 7.70. The topological polar surface area (TPSA) is 61.4 Å². The second-order valence-electron chi connectivity index (χ2n) is 8.06. The number of pyridine rings is 1. The minimum absolute atomic E-state index is 0.180. The average molecular weight is 453 g/mol. The smallest absolute Gasteiger partial charge is 0.266 e. The molecule has 1 fully saturated rings. The lowest BCUT2D eigenvalue weighted by molar-refractivity contribution is 0.0257. The van der Waals surface area contributed by atoms with Gasteiger partial charge in [-0.2, -0.15) is 4.36 Å². The number of nitrogens with one attached hydrogen (secondary N) is 1. The molecule has 1 saturated heterocycles. The zero-order valence-electron chi connectivity index (χ0n) is 17.5. The number of alkyl halides is 2. The Morgan fingerprint density at radius 3 is 2.62 bits per heavy atom. The summed E-state index contributed by atoms with van der Waals surface area (Å²) < 4.78 is 45.8. The van der Waals surface area contributed by atoms with Gasteiger partial charge in [0.15, 0.2) is 5.82 Å². The number of anilines is 1. The number of rotatable bonds is 4. The molecule has 0 amide bonds. The molecule has 1 aliphatic rings. The highest BCUT2D eigenvalue weighted by Crippen LogP contribution is 2.39. The van der Waals surface area contributed by atoms with E-state index >= 15 is 0 Å². The van der Waals surface area contributed by atoms with Gasteiger partial charge in [0.25, 0.3) is 5.92 Å². The van der Waals surface area contributed by atoms with Crippen molar-refractivity contribution >= 4 is 32.1 Å². The summed E-state index contributed by atoms with van der Waals surface area (Å²) in [5, 5.41) is 1.01. The number of halogens is 2. The first-order chi connectivity index (χ1) is 15.3. The summed E-state index contributed by atoms with van der Waals surface area (Å²) in [6, 6.07) is 20.4. The van der Waals surface area contributed by atoms with Crippen LogP contribution in [-0.4, -0.2) is 39.4 Å². The summed E-state index contributed by atoms with van der Waals surface area (Å²) >= 11 is 0. The van der Waals surface area contributed by atoms with Crippen molar-refractivity contribution in [1.82, 2.24) is 9.97 Å². The molecule has 8 heteroatoms. The molecule has 1 aliphatic heterocycles. The predicted molar refractivity (Wildman–Crippen MR) is 124 cm³/mol. The fraction of sp³-hybridized carbons (Fsp3) is 0.208. The third-order valence-electron chi connectivity index (χ3n) is 5.65. The summed E-state index contributed by atoms with van der Waals surface area (Å²) in [7, 11) is -2.81. The van der Waals surface area contributed by atoms with Crippen LogP contribution in [0.3, 0.4) is 0 Å². The lowest BCUT2D eigenvalue weighted by atomic mass is 10.1. The van der Waals surface area contributed by atoms with Gasteiger partial charge in [-0.05, 0) is 42.5 Å². The first-order valence-corrected chi connectivity index (χ1v) is 12.2. The van der Waals surface area contributed by atoms with Crippen molar-refractivity contribution in [3.8, 4) is 11.3 Å². The van der Waals surface area contributed by atoms with Crippen molar-refractivity contribution in [3.63, 3.8) is 0 Å². The van der Waals surface area contributed by atoms with Crippen LogP contribution in [0.15, 0.2) is 82.2 Å². The second-order valence-corrected chi connectivity index (χ2v) is 10.3. The number of para-hydroxylation sites is 1. The van der Waals surface area contributed by atoms with E-state index in [4.69, 9.17) is 0 Å². The molecule has 0 saturated carbocycles. The van der Waals surface area contributed by atoms with Crippen molar-refractivity contribution in [2.24, 2.45) is 4.36 Å². The van der Waals surface area contributed by atoms with Crippen LogP contribution in [0.2, 0.25) is 0 Å². The Labute approximate surface area is 185 Å². The lowest BCUT2D eigenvalue weighted by Gasteiger charge is -2.22. The van der Waals surface area contributed by atoms with Gasteiger partial charge >= 0.3 is 0 Å². The Bertz CT molecular complexity index is 1380. The zero-order chi connectivity index (χ0) is 22.3. The van der Waals surface area contributed by atoms with Crippen LogP contribution in [0, 0.1) is 0 Å². The molecule has 1 N–H and O–H groups in total. The summed E-state index contributed by atoms with van der Waals surface area (Å²) in [5.74, 6) is -2.33. The number of fused-ring (bicyclic) bond motifs is 1. The number of nitrogens with zero attached hydrogens (tertiary/aromatic N) is 3. The van der Waals surface area contributed by atoms with Crippen molar-refractivity contribution in [1.29, 1.82) is 0 Å². The van der Waals surface area contributed by atoms with Crippen molar-refractivity contribution in [2.75, 3.05) is 24.2 Å². The molecule has 1 unspecified atom stereocenters. The van der Waals surface area contributed by atoms with Crippen molar-refractivity contribution in [2.45, 2.75) is 17.2 Å². The van der Waals surface area contributed by atoms with Crippen molar-refractivity contribution in [3.05, 3.63) is 72.9 Å². The quantitative estimate of drug-likeness (QED) is 0.422. The molecule has 2 aromatic carbocycles. The van der Waals surface area contributed by atoms with Gasteiger partial charge in [0.05, 0.1) is 16.3 Å². The van der Waals surface area contributed by atoms with E-state index < -0.39 is 15.7 Å². The Hall–Kier alpha value is -3.26. The average Bonchev–Trinajstić information content (AvgIpc) is 3.36. The van der Waals surface area contributed by atoms with E-state index in [1.165, 1.54) is 0 Å². The number of aromatic nitrogens is 2. The zero-order valence-corrected chi connectivity index (χ0v) is 18.3. The van der Waals surface area contributed by atoms with Crippen LogP contribution >= 0.6 is 0 Å². The third kappa shape index (κ3) is 3.98. The monoisotopic (exact) mass is 452 g/mol. The van der Waals surface area contributed by atoms with Gasteiger partial charge in [-0.15, -0.1) is 0 Å². The Morgan fingerprint density at radius 2 is 1.91 bits per heavy atom. The molecule has 5 rings (SSSR count). The molecule has 0 aliphatic carbocycles. The third-order valence-corrected chi connectivity index (χ3v) is 7.32. The molecular weight excluding hydrogens is 430 g/mol. The maximum atomic E-state index is 14.0. The van der Waals surface area contributed by atoms with Crippen LogP contribution in [0.4, 0.5) is 20.3 Å². The van der Waals surface area contributed by atoms with Gasteiger partial charge in [-0.3, -0.25) is 0 Å². The van der Waals surface area contributed by atoms with Crippen LogP contribution in [-0.2, 0) is 9.73 Å². The van der Waals surface area contributed by atoms with Gasteiger partial charge in [-0.25, -0.2) is 18.0 Å². The maximum Gasteiger partial charge on any atom is 0.266 e. The van der Waals surface area contributed by atoms with Gasteiger partial charge < -0.3 is 9.88 Å². The number of benzene rings is 2. The molecular formula is C24H22F2N4OS. The van der Waals surface area contributed by atoms with E-state index in [1.54, 1.807) is 53.8 Å². The molecule has 5 nitrogen and oxygen atoms in total. The summed E-state index contributed by atoms with van der Waals surface area (Å²) in [6.07, 6.45) is 2.98. The highest BCUT2D eigenvalue weighted by molar-refractivity contribution is 7.93. The molecule has 32 heavy (non-hydrogen) atoms. The van der Waals surface area contributed by atoms with E-state index in [2.05, 4.69) is 14.3 Å². The molecule has 0 bridgehead atoms. The Morgan fingerprint density at radius 1 is 1.09 bits per heavy atom. The predicted octanol–water partition coefficient (Wildman–Crippen LogP) is 5.86. The van der Waals surface area contributed by atoms with Crippen molar-refractivity contribution < 1.29 is 13.0 Å². The summed E-state index contributed by atoms with van der Waals surface area (Å²) in [4.78, 5) is 9.74. The van der Waals surface area contributed by atoms with E-state index in [0.717, 1.165) is 22.2 Å². The molecule has 1 atom stereocenters. The van der Waals surface area contributed by atoms with Gasteiger partial charge in [0.1, 0.15) is 0 Å². The fourth-order valence-electron chi connectivity index (χ4n) is 4.04. The van der Waals surface area contributed by atoms with E-state index in [-0.39, 0.29) is 19.5 Å². The van der Waals surface area contributed by atoms with Gasteiger partial charge in [-0.1, -0.05) is 24.3 Å². The SMILES string of the molecule is CS(=O)(=Nc1ccccn1)c1ccc(N2CCC(F)(F)C2)c(-c2cc3ccccc3[nH]2)c1. The Balaban J connectivity index is 1.66. The summed E-state index contributed by atoms with van der Waals surface area (Å²) in [6.45, 7) is -0.0707. The van der Waals surface area contributed by atoms with Crippen LogP contribution < -0.4 is 4.90 Å². The largest absolute Gasteiger partial charge is 0.365 e. The maximum absolute atomic E-state index is 14.0. The lowest BCUT2D eigenvalue weighted by Crippen LogP contribution is -2.25. The molecule has 0 radical (unpaired) electrons. The van der Waals surface area contributed by atoms with Crippen LogP contribution in [0.5, 0.6) is 0 Å². The highest BCUT2D eigenvalue weighted by atomic mass is 32.2. The molecule has 2 aromatic heterocycles. The highest BCUT2D eigenvalue weighted by Gasteiger charge is 2.39. The first kappa shape index (κ1) is 20.6. The Kier molecular flexibility index (Phi) is 4.97. The number of hydrogen-bond acceptors (Lipinski definition) is 4. The van der Waals surface area contributed by atoms with E-state index in [1.807, 2.05) is 30.3 Å². The van der Waals surface area contributed by atoms with E-state index in [9.17, 15) is 13.0 Å². The number of H-pyrrole nitrogens is 1. The van der Waals surface area contributed by atoms with Crippen LogP contribution in [0.1, 0.15) is 6.42 Å². The molecule has 0 spiro atoms. The number of aromatic amines is 1. The van der Waals surface area contributed by atoms with Gasteiger partial charge in [0.2, 0.25) is 0 Å². The molecule has 3 heterocycles. The normalized spacial score (nSPS) is 17.4.